The van der Waals surface area contributed by atoms with Gasteiger partial charge < -0.3 is 15.2 Å². The third-order valence-electron chi connectivity index (χ3n) is 6.53. The second-order valence-corrected chi connectivity index (χ2v) is 16.4. The molecule has 0 spiro atoms. The van der Waals surface area contributed by atoms with Crippen molar-refractivity contribution in [2.24, 2.45) is 0 Å². The van der Waals surface area contributed by atoms with Gasteiger partial charge in [-0.2, -0.15) is 0 Å². The highest BCUT2D eigenvalue weighted by atomic mass is 28.3. The number of aryl methyl sites for hydroxylation is 1. The number of nitrogens with zero attached hydrogens (tertiary/aromatic N) is 6. The highest BCUT2D eigenvalue weighted by Gasteiger charge is 2.16. The van der Waals surface area contributed by atoms with Crippen molar-refractivity contribution < 1.29 is 9.84 Å². The average molecular weight is 544 g/mol. The molecule has 39 heavy (non-hydrogen) atoms. The Hall–Kier alpha value is -4.09. The molecule has 0 saturated heterocycles. The molecule has 0 unspecified atom stereocenters. The van der Waals surface area contributed by atoms with E-state index < -0.39 is 8.07 Å². The zero-order valence-corrected chi connectivity index (χ0v) is 23.7. The van der Waals surface area contributed by atoms with E-state index >= 15 is 0 Å². The van der Waals surface area contributed by atoms with Crippen molar-refractivity contribution in [2.45, 2.75) is 45.8 Å². The molecule has 2 N–H and O–H groups in total. The molecule has 0 amide bonds. The van der Waals surface area contributed by atoms with Crippen LogP contribution in [0.5, 0.6) is 5.75 Å². The van der Waals surface area contributed by atoms with Gasteiger partial charge in [0.25, 0.3) is 5.56 Å². The molecule has 2 aromatic carbocycles. The molecule has 11 heteroatoms. The fourth-order valence-electron chi connectivity index (χ4n) is 4.45. The first-order valence-electron chi connectivity index (χ1n) is 13.0. The van der Waals surface area contributed by atoms with Gasteiger partial charge in [-0.3, -0.25) is 13.9 Å². The molecule has 0 aliphatic carbocycles. The number of phenols is 1. The summed E-state index contributed by atoms with van der Waals surface area (Å²) >= 11 is 0. The minimum atomic E-state index is -1.16. The van der Waals surface area contributed by atoms with Crippen molar-refractivity contribution in [1.29, 1.82) is 0 Å². The minimum absolute atomic E-state index is 0.0804. The van der Waals surface area contributed by atoms with Gasteiger partial charge >= 0.3 is 0 Å². The maximum absolute atomic E-state index is 13.6. The molecule has 5 aromatic rings. The number of fused-ring (bicyclic) bond motifs is 2. The number of aromatic hydroxyl groups is 1. The third-order valence-corrected chi connectivity index (χ3v) is 8.24. The minimum Gasteiger partial charge on any atom is -0.508 e. The van der Waals surface area contributed by atoms with Gasteiger partial charge in [0.15, 0.2) is 11.5 Å². The van der Waals surface area contributed by atoms with E-state index in [-0.39, 0.29) is 11.3 Å². The van der Waals surface area contributed by atoms with E-state index in [1.807, 2.05) is 29.7 Å². The summed E-state index contributed by atoms with van der Waals surface area (Å²) in [7, 11) is -1.16. The lowest BCUT2D eigenvalue weighted by Crippen LogP contribution is -2.26. The molecule has 3 heterocycles. The largest absolute Gasteiger partial charge is 0.508 e. The Kier molecular flexibility index (Phi) is 7.44. The fourth-order valence-corrected chi connectivity index (χ4v) is 5.20. The molecule has 0 saturated carbocycles. The molecule has 10 nitrogen and oxygen atoms in total. The lowest BCUT2D eigenvalue weighted by atomic mass is 10.1. The Morgan fingerprint density at radius 1 is 1.08 bits per heavy atom. The Labute approximate surface area is 227 Å². The van der Waals surface area contributed by atoms with Gasteiger partial charge in [0.1, 0.15) is 30.1 Å². The van der Waals surface area contributed by atoms with Gasteiger partial charge in [0.2, 0.25) is 0 Å². The lowest BCUT2D eigenvalue weighted by Gasteiger charge is -2.15. The first-order valence-corrected chi connectivity index (χ1v) is 16.7. The molecule has 5 rings (SSSR count). The van der Waals surface area contributed by atoms with E-state index in [1.54, 1.807) is 35.2 Å². The summed E-state index contributed by atoms with van der Waals surface area (Å²) in [5.74, 6) is 1.25. The summed E-state index contributed by atoms with van der Waals surface area (Å²) in [6.45, 7) is 10.4. The zero-order chi connectivity index (χ0) is 27.6. The van der Waals surface area contributed by atoms with Crippen LogP contribution >= 0.6 is 0 Å². The fraction of sp³-hybridized carbons (Fsp3) is 0.321. The summed E-state index contributed by atoms with van der Waals surface area (Å²) in [6, 6.07) is 13.4. The van der Waals surface area contributed by atoms with Gasteiger partial charge in [-0.15, -0.1) is 0 Å². The van der Waals surface area contributed by atoms with Crippen LogP contribution in [0.15, 0.2) is 59.9 Å². The Balaban J connectivity index is 1.38. The maximum Gasteiger partial charge on any atom is 0.266 e. The molecule has 0 fully saturated rings. The van der Waals surface area contributed by atoms with Crippen molar-refractivity contribution in [3.05, 3.63) is 76.9 Å². The Morgan fingerprint density at radius 2 is 1.90 bits per heavy atom. The van der Waals surface area contributed by atoms with Crippen LogP contribution in [0.1, 0.15) is 11.4 Å². The van der Waals surface area contributed by atoms with Gasteiger partial charge in [-0.05, 0) is 36.7 Å². The van der Waals surface area contributed by atoms with Gasteiger partial charge in [-0.25, -0.2) is 19.9 Å². The number of rotatable bonds is 10. The van der Waals surface area contributed by atoms with Crippen LogP contribution in [0, 0.1) is 6.92 Å². The predicted molar refractivity (Wildman–Crippen MR) is 155 cm³/mol. The number of hydrogen-bond acceptors (Lipinski definition) is 8. The second kappa shape index (κ2) is 10.9. The van der Waals surface area contributed by atoms with E-state index in [0.29, 0.717) is 65.7 Å². The average Bonchev–Trinajstić information content (AvgIpc) is 3.30. The number of hydrogen-bond donors (Lipinski definition) is 2. The first-order chi connectivity index (χ1) is 18.7. The van der Waals surface area contributed by atoms with E-state index in [2.05, 4.69) is 39.9 Å². The van der Waals surface area contributed by atoms with Crippen LogP contribution in [-0.4, -0.2) is 55.4 Å². The van der Waals surface area contributed by atoms with E-state index in [0.717, 1.165) is 11.6 Å². The van der Waals surface area contributed by atoms with Crippen LogP contribution in [0.2, 0.25) is 25.7 Å². The van der Waals surface area contributed by atoms with Crippen LogP contribution in [0.3, 0.4) is 0 Å². The number of aromatic nitrogens is 6. The van der Waals surface area contributed by atoms with Crippen molar-refractivity contribution in [2.75, 3.05) is 18.5 Å². The predicted octanol–water partition coefficient (Wildman–Crippen LogP) is 4.51. The molecule has 0 aliphatic rings. The van der Waals surface area contributed by atoms with E-state index in [9.17, 15) is 9.90 Å². The Morgan fingerprint density at radius 3 is 2.69 bits per heavy atom. The normalized spacial score (nSPS) is 11.9. The topological polar surface area (TPSA) is 120 Å². The lowest BCUT2D eigenvalue weighted by molar-refractivity contribution is 0.0895. The quantitative estimate of drug-likeness (QED) is 0.195. The number of ether oxygens (including phenoxy) is 1. The third kappa shape index (κ3) is 5.84. The summed E-state index contributed by atoms with van der Waals surface area (Å²) in [6.07, 6.45) is 3.65. The molecule has 0 bridgehead atoms. The smallest absolute Gasteiger partial charge is 0.266 e. The molecule has 0 atom stereocenters. The number of anilines is 1. The summed E-state index contributed by atoms with van der Waals surface area (Å²) in [5.41, 5.74) is 3.23. The standard InChI is InChI=1S/C28H33N7O3Si/c1-19-7-5-10-22-24(19)28(37)35(20-8-6-9-21(36)15-20)23(33-22)11-12-29-26-25-27(31-16-30-26)34(17-32-25)18-38-13-14-39(2,3)4/h5-10,15-17,36H,11-14,18H2,1-4H3,(H,29,30,31). The second-order valence-electron chi connectivity index (χ2n) is 10.8. The van der Waals surface area contributed by atoms with Crippen molar-refractivity contribution in [3.63, 3.8) is 0 Å². The number of benzene rings is 2. The SMILES string of the molecule is Cc1cccc2nc(CCNc3ncnc4c3ncn4COCC[Si](C)(C)C)n(-c3cccc(O)c3)c(=O)c12. The molecular formula is C28H33N7O3Si. The summed E-state index contributed by atoms with van der Waals surface area (Å²) in [5, 5.41) is 14.0. The van der Waals surface area contributed by atoms with Crippen molar-refractivity contribution in [3.8, 4) is 11.4 Å². The summed E-state index contributed by atoms with van der Waals surface area (Å²) < 4.78 is 9.32. The highest BCUT2D eigenvalue weighted by molar-refractivity contribution is 6.76. The number of phenolic OH excluding ortho intramolecular Hbond substituents is 1. The molecular weight excluding hydrogens is 510 g/mol. The maximum atomic E-state index is 13.6. The van der Waals surface area contributed by atoms with Crippen LogP contribution in [0.25, 0.3) is 27.8 Å². The molecule has 3 aromatic heterocycles. The monoisotopic (exact) mass is 543 g/mol. The number of imidazole rings is 1. The van der Waals surface area contributed by atoms with E-state index in [4.69, 9.17) is 9.72 Å². The molecule has 0 aliphatic heterocycles. The molecule has 202 valence electrons. The summed E-state index contributed by atoms with van der Waals surface area (Å²) in [4.78, 5) is 31.8. The van der Waals surface area contributed by atoms with Crippen LogP contribution in [-0.2, 0) is 17.9 Å². The Bertz CT molecular complexity index is 1690. The van der Waals surface area contributed by atoms with E-state index in [1.165, 1.54) is 6.33 Å². The van der Waals surface area contributed by atoms with Crippen molar-refractivity contribution >= 4 is 36.0 Å². The van der Waals surface area contributed by atoms with Crippen LogP contribution in [0.4, 0.5) is 5.82 Å². The van der Waals surface area contributed by atoms with Gasteiger partial charge in [0.05, 0.1) is 22.9 Å². The highest BCUT2D eigenvalue weighted by Crippen LogP contribution is 2.21. The molecule has 0 radical (unpaired) electrons. The van der Waals surface area contributed by atoms with Crippen molar-refractivity contribution in [1.82, 2.24) is 29.1 Å². The van der Waals surface area contributed by atoms with Gasteiger partial charge in [0, 0.05) is 33.7 Å². The van der Waals surface area contributed by atoms with Gasteiger partial charge in [-0.1, -0.05) is 37.8 Å². The van der Waals surface area contributed by atoms with Crippen LogP contribution < -0.4 is 10.9 Å². The zero-order valence-electron chi connectivity index (χ0n) is 22.7. The first kappa shape index (κ1) is 26.5. The number of nitrogens with one attached hydrogen (secondary N) is 1.